The summed E-state index contributed by atoms with van der Waals surface area (Å²) in [5, 5.41) is 0. The number of aromatic nitrogens is 1. The summed E-state index contributed by atoms with van der Waals surface area (Å²) in [6.45, 7) is 12.9. The van der Waals surface area contributed by atoms with Gasteiger partial charge in [-0.3, -0.25) is 0 Å². The van der Waals surface area contributed by atoms with E-state index in [-0.39, 0.29) is 0 Å². The minimum Gasteiger partial charge on any atom is -0.250 e. The molecule has 0 spiro atoms. The van der Waals surface area contributed by atoms with Crippen LogP contribution >= 0.6 is 11.3 Å². The lowest BCUT2D eigenvalue weighted by atomic mass is 9.88. The van der Waals surface area contributed by atoms with Crippen LogP contribution in [0.1, 0.15) is 51.6 Å². The fraction of sp³-hybridized carbons (Fsp3) is 0.727. The SMILES string of the molecule is CC.CCC(C)(C)c1scnc1C. The van der Waals surface area contributed by atoms with Crippen molar-refractivity contribution in [3.63, 3.8) is 0 Å². The Kier molecular flexibility index (Phi) is 5.23. The quantitative estimate of drug-likeness (QED) is 0.697. The molecule has 2 heteroatoms. The van der Waals surface area contributed by atoms with Crippen LogP contribution in [0.5, 0.6) is 0 Å². The monoisotopic (exact) mass is 199 g/mol. The molecule has 0 saturated heterocycles. The maximum Gasteiger partial charge on any atom is 0.0797 e. The number of thiazole rings is 1. The number of rotatable bonds is 2. The molecular formula is C11H21NS. The van der Waals surface area contributed by atoms with Gasteiger partial charge in [-0.25, -0.2) is 4.98 Å². The lowest BCUT2D eigenvalue weighted by molar-refractivity contribution is 0.513. The number of nitrogens with zero attached hydrogens (tertiary/aromatic N) is 1. The van der Waals surface area contributed by atoms with E-state index in [2.05, 4.69) is 32.7 Å². The van der Waals surface area contributed by atoms with Gasteiger partial charge in [-0.15, -0.1) is 11.3 Å². The van der Waals surface area contributed by atoms with Gasteiger partial charge < -0.3 is 0 Å². The summed E-state index contributed by atoms with van der Waals surface area (Å²) < 4.78 is 0. The second kappa shape index (κ2) is 5.38. The Hall–Kier alpha value is -0.370. The van der Waals surface area contributed by atoms with Crippen LogP contribution in [0.4, 0.5) is 0 Å². The summed E-state index contributed by atoms with van der Waals surface area (Å²) in [4.78, 5) is 5.68. The Morgan fingerprint density at radius 3 is 2.23 bits per heavy atom. The van der Waals surface area contributed by atoms with Crippen molar-refractivity contribution < 1.29 is 0 Å². The first-order chi connectivity index (χ1) is 6.08. The van der Waals surface area contributed by atoms with Gasteiger partial charge in [-0.2, -0.15) is 0 Å². The molecule has 1 nitrogen and oxygen atoms in total. The van der Waals surface area contributed by atoms with E-state index < -0.39 is 0 Å². The predicted octanol–water partition coefficient (Wildman–Crippen LogP) is 4.17. The van der Waals surface area contributed by atoms with Crippen molar-refractivity contribution in [2.24, 2.45) is 0 Å². The summed E-state index contributed by atoms with van der Waals surface area (Å²) in [7, 11) is 0. The molecule has 13 heavy (non-hydrogen) atoms. The zero-order valence-electron chi connectivity index (χ0n) is 9.64. The van der Waals surface area contributed by atoms with Crippen LogP contribution < -0.4 is 0 Å². The molecule has 0 unspecified atom stereocenters. The summed E-state index contributed by atoms with van der Waals surface area (Å²) in [6, 6.07) is 0. The third kappa shape index (κ3) is 3.11. The standard InChI is InChI=1S/C9H15NS.C2H6/c1-5-9(3,4)8-7(2)10-6-11-8;1-2/h6H,5H2,1-4H3;1-2H3. The highest BCUT2D eigenvalue weighted by atomic mass is 32.1. The average molecular weight is 199 g/mol. The first-order valence-electron chi connectivity index (χ1n) is 4.98. The van der Waals surface area contributed by atoms with Gasteiger partial charge in [0.25, 0.3) is 0 Å². The van der Waals surface area contributed by atoms with Gasteiger partial charge in [0.15, 0.2) is 0 Å². The maximum absolute atomic E-state index is 4.25. The Bertz CT molecular complexity index is 238. The molecule has 1 heterocycles. The van der Waals surface area contributed by atoms with Crippen LogP contribution in [0, 0.1) is 6.92 Å². The minimum absolute atomic E-state index is 0.311. The first-order valence-corrected chi connectivity index (χ1v) is 5.86. The minimum atomic E-state index is 0.311. The molecule has 76 valence electrons. The van der Waals surface area contributed by atoms with Crippen molar-refractivity contribution >= 4 is 11.3 Å². The molecule has 1 rings (SSSR count). The van der Waals surface area contributed by atoms with Crippen LogP contribution in [0.3, 0.4) is 0 Å². The summed E-state index contributed by atoms with van der Waals surface area (Å²) >= 11 is 1.77. The van der Waals surface area contributed by atoms with Gasteiger partial charge in [0, 0.05) is 10.3 Å². The largest absolute Gasteiger partial charge is 0.250 e. The molecule has 0 aliphatic heterocycles. The highest BCUT2D eigenvalue weighted by molar-refractivity contribution is 7.09. The van der Waals surface area contributed by atoms with E-state index in [1.807, 2.05) is 19.4 Å². The Morgan fingerprint density at radius 2 is 1.92 bits per heavy atom. The van der Waals surface area contributed by atoms with E-state index in [1.54, 1.807) is 11.3 Å². The van der Waals surface area contributed by atoms with Crippen molar-refractivity contribution in [2.75, 3.05) is 0 Å². The molecule has 0 N–H and O–H groups in total. The van der Waals surface area contributed by atoms with Crippen LogP contribution in [0.15, 0.2) is 5.51 Å². The average Bonchev–Trinajstić information content (AvgIpc) is 2.55. The van der Waals surface area contributed by atoms with Crippen LogP contribution in [0.25, 0.3) is 0 Å². The number of aryl methyl sites for hydroxylation is 1. The topological polar surface area (TPSA) is 12.9 Å². The van der Waals surface area contributed by atoms with Crippen molar-refractivity contribution in [1.82, 2.24) is 4.98 Å². The highest BCUT2D eigenvalue weighted by Gasteiger charge is 2.21. The van der Waals surface area contributed by atoms with Crippen LogP contribution in [0.2, 0.25) is 0 Å². The van der Waals surface area contributed by atoms with E-state index in [0.29, 0.717) is 5.41 Å². The lowest BCUT2D eigenvalue weighted by Crippen LogP contribution is -2.14. The Morgan fingerprint density at radius 1 is 1.38 bits per heavy atom. The smallest absolute Gasteiger partial charge is 0.0797 e. The highest BCUT2D eigenvalue weighted by Crippen LogP contribution is 2.31. The van der Waals surface area contributed by atoms with Gasteiger partial charge in [-0.05, 0) is 13.3 Å². The van der Waals surface area contributed by atoms with Crippen LogP contribution in [-0.2, 0) is 5.41 Å². The number of hydrogen-bond acceptors (Lipinski definition) is 2. The zero-order valence-corrected chi connectivity index (χ0v) is 10.5. The zero-order chi connectivity index (χ0) is 10.5. The second-order valence-electron chi connectivity index (χ2n) is 3.50. The van der Waals surface area contributed by atoms with E-state index in [0.717, 1.165) is 0 Å². The van der Waals surface area contributed by atoms with Crippen molar-refractivity contribution in [2.45, 2.75) is 53.4 Å². The lowest BCUT2D eigenvalue weighted by Gasteiger charge is -2.21. The van der Waals surface area contributed by atoms with Gasteiger partial charge in [0.2, 0.25) is 0 Å². The van der Waals surface area contributed by atoms with E-state index in [1.165, 1.54) is 17.0 Å². The molecule has 0 aliphatic carbocycles. The van der Waals surface area contributed by atoms with E-state index >= 15 is 0 Å². The van der Waals surface area contributed by atoms with E-state index in [9.17, 15) is 0 Å². The molecule has 0 aliphatic rings. The molecular weight excluding hydrogens is 178 g/mol. The van der Waals surface area contributed by atoms with Crippen molar-refractivity contribution in [3.05, 3.63) is 16.1 Å². The summed E-state index contributed by atoms with van der Waals surface area (Å²) in [5.74, 6) is 0. The van der Waals surface area contributed by atoms with Crippen molar-refractivity contribution in [1.29, 1.82) is 0 Å². The predicted molar refractivity (Wildman–Crippen MR) is 61.5 cm³/mol. The normalized spacial score (nSPS) is 10.6. The van der Waals surface area contributed by atoms with E-state index in [4.69, 9.17) is 0 Å². The summed E-state index contributed by atoms with van der Waals surface area (Å²) in [6.07, 6.45) is 1.18. The molecule has 0 aromatic carbocycles. The molecule has 1 aromatic rings. The molecule has 0 amide bonds. The number of hydrogen-bond donors (Lipinski definition) is 0. The van der Waals surface area contributed by atoms with Gasteiger partial charge in [-0.1, -0.05) is 34.6 Å². The van der Waals surface area contributed by atoms with Crippen molar-refractivity contribution in [3.8, 4) is 0 Å². The molecule has 0 fully saturated rings. The molecule has 0 atom stereocenters. The molecule has 0 bridgehead atoms. The third-order valence-electron chi connectivity index (χ3n) is 2.24. The molecule has 1 aromatic heterocycles. The first kappa shape index (κ1) is 12.6. The van der Waals surface area contributed by atoms with Gasteiger partial charge in [0.1, 0.15) is 0 Å². The Balaban J connectivity index is 0.000000671. The third-order valence-corrected chi connectivity index (χ3v) is 3.54. The van der Waals surface area contributed by atoms with Crippen LogP contribution in [-0.4, -0.2) is 4.98 Å². The Labute approximate surface area is 86.2 Å². The molecule has 0 radical (unpaired) electrons. The summed E-state index contributed by atoms with van der Waals surface area (Å²) in [5.41, 5.74) is 3.44. The van der Waals surface area contributed by atoms with Gasteiger partial charge in [0.05, 0.1) is 11.2 Å². The second-order valence-corrected chi connectivity index (χ2v) is 4.36. The fourth-order valence-electron chi connectivity index (χ4n) is 1.11. The van der Waals surface area contributed by atoms with Gasteiger partial charge >= 0.3 is 0 Å². The fourth-order valence-corrected chi connectivity index (χ4v) is 2.11. The maximum atomic E-state index is 4.25. The molecule has 0 saturated carbocycles.